The number of phenols is 4. The quantitative estimate of drug-likeness (QED) is 0.276. The average molecular weight is 434 g/mol. The van der Waals surface area contributed by atoms with Crippen LogP contribution in [-0.2, 0) is 4.74 Å². The van der Waals surface area contributed by atoms with Crippen molar-refractivity contribution in [1.82, 2.24) is 0 Å². The molecule has 0 radical (unpaired) electrons. The van der Waals surface area contributed by atoms with E-state index < -0.39 is 59.6 Å². The molecular formula is C20H18O11. The van der Waals surface area contributed by atoms with E-state index >= 15 is 0 Å². The highest BCUT2D eigenvalue weighted by Crippen LogP contribution is 2.43. The average Bonchev–Trinajstić information content (AvgIpc) is 3.02. The van der Waals surface area contributed by atoms with Crippen molar-refractivity contribution in [2.45, 2.75) is 18.0 Å². The molecular weight excluding hydrogens is 416 g/mol. The first kappa shape index (κ1) is 20.8. The largest absolute Gasteiger partial charge is 0.504 e. The van der Waals surface area contributed by atoms with Crippen molar-refractivity contribution < 1.29 is 49.6 Å². The molecule has 1 saturated heterocycles. The summed E-state index contributed by atoms with van der Waals surface area (Å²) in [6.07, 6.45) is -3.17. The topological polar surface area (TPSA) is 190 Å². The van der Waals surface area contributed by atoms with Crippen LogP contribution in [0.4, 0.5) is 0 Å². The molecule has 0 spiro atoms. The second-order valence-corrected chi connectivity index (χ2v) is 7.13. The molecule has 3 aromatic rings. The number of hydrogen-bond acceptors (Lipinski definition) is 11. The van der Waals surface area contributed by atoms with Crippen LogP contribution in [0.3, 0.4) is 0 Å². The first-order chi connectivity index (χ1) is 14.6. The molecule has 11 heteroatoms. The molecule has 0 bridgehead atoms. The number of hydrogen-bond donors (Lipinski definition) is 7. The standard InChI is InChI=1S/C20H18O11/c21-6-20(28)7-29-19(18(20)27)31-14-5-13-15(17(26)16(14)25)11(24)4-12(30-13)8-1-2-9(22)10(23)3-8/h1-5,18-19,21-23,25-28H,6-7H2/t18-,19+,20+/m1/s1. The molecule has 0 saturated carbocycles. The fraction of sp³-hybridized carbons (Fsp3) is 0.250. The maximum atomic E-state index is 12.5. The van der Waals surface area contributed by atoms with Crippen LogP contribution in [0, 0.1) is 0 Å². The Labute approximate surface area is 173 Å². The predicted molar refractivity (Wildman–Crippen MR) is 103 cm³/mol. The highest BCUT2D eigenvalue weighted by Gasteiger charge is 2.49. The van der Waals surface area contributed by atoms with Gasteiger partial charge in [-0.1, -0.05) is 0 Å². The SMILES string of the molecule is O=c1cc(-c2ccc(O)c(O)c2)oc2cc(O[C@@H]3OC[C@@](O)(CO)[C@@H]3O)c(O)c(O)c12. The Hall–Kier alpha value is -3.51. The van der Waals surface area contributed by atoms with E-state index in [1.807, 2.05) is 0 Å². The summed E-state index contributed by atoms with van der Waals surface area (Å²) in [6.45, 7) is -1.25. The van der Waals surface area contributed by atoms with E-state index in [1.165, 1.54) is 12.1 Å². The van der Waals surface area contributed by atoms with Crippen molar-refractivity contribution in [3.8, 4) is 40.1 Å². The van der Waals surface area contributed by atoms with Gasteiger partial charge in [0, 0.05) is 17.7 Å². The Morgan fingerprint density at radius 1 is 1.06 bits per heavy atom. The summed E-state index contributed by atoms with van der Waals surface area (Å²) in [4.78, 5) is 12.5. The fourth-order valence-corrected chi connectivity index (χ4v) is 3.20. The minimum absolute atomic E-state index is 0.0179. The molecule has 31 heavy (non-hydrogen) atoms. The second-order valence-electron chi connectivity index (χ2n) is 7.13. The van der Waals surface area contributed by atoms with Crippen molar-refractivity contribution in [2.24, 2.45) is 0 Å². The molecule has 1 aliphatic rings. The van der Waals surface area contributed by atoms with Crippen molar-refractivity contribution in [3.05, 3.63) is 40.6 Å². The lowest BCUT2D eigenvalue weighted by Crippen LogP contribution is -2.48. The molecule has 2 heterocycles. The third-order valence-corrected chi connectivity index (χ3v) is 5.01. The molecule has 1 aromatic heterocycles. The Morgan fingerprint density at radius 2 is 1.81 bits per heavy atom. The van der Waals surface area contributed by atoms with Gasteiger partial charge in [-0.3, -0.25) is 4.79 Å². The number of benzene rings is 2. The van der Waals surface area contributed by atoms with E-state index in [2.05, 4.69) is 0 Å². The molecule has 0 unspecified atom stereocenters. The zero-order valence-electron chi connectivity index (χ0n) is 15.7. The van der Waals surface area contributed by atoms with Crippen LogP contribution in [0.25, 0.3) is 22.3 Å². The zero-order valence-corrected chi connectivity index (χ0v) is 15.7. The summed E-state index contributed by atoms with van der Waals surface area (Å²) in [5.74, 6) is -2.93. The second kappa shape index (κ2) is 7.32. The highest BCUT2D eigenvalue weighted by atomic mass is 16.7. The summed E-state index contributed by atoms with van der Waals surface area (Å²) < 4.78 is 16.1. The molecule has 0 amide bonds. The van der Waals surface area contributed by atoms with Gasteiger partial charge in [0.05, 0.1) is 13.2 Å². The number of rotatable bonds is 4. The number of aliphatic hydroxyl groups excluding tert-OH is 2. The first-order valence-corrected chi connectivity index (χ1v) is 8.99. The first-order valence-electron chi connectivity index (χ1n) is 8.99. The van der Waals surface area contributed by atoms with Gasteiger partial charge in [-0.15, -0.1) is 0 Å². The third-order valence-electron chi connectivity index (χ3n) is 5.01. The number of aromatic hydroxyl groups is 4. The van der Waals surface area contributed by atoms with Crippen molar-refractivity contribution in [3.63, 3.8) is 0 Å². The van der Waals surface area contributed by atoms with Crippen LogP contribution in [0.1, 0.15) is 0 Å². The molecule has 7 N–H and O–H groups in total. The zero-order chi connectivity index (χ0) is 22.5. The van der Waals surface area contributed by atoms with Crippen molar-refractivity contribution in [2.75, 3.05) is 13.2 Å². The Kier molecular flexibility index (Phi) is 4.90. The van der Waals surface area contributed by atoms with E-state index in [0.717, 1.165) is 18.2 Å². The monoisotopic (exact) mass is 434 g/mol. The lowest BCUT2D eigenvalue weighted by molar-refractivity contribution is -0.116. The summed E-state index contributed by atoms with van der Waals surface area (Å²) in [7, 11) is 0. The lowest BCUT2D eigenvalue weighted by atomic mass is 10.0. The fourth-order valence-electron chi connectivity index (χ4n) is 3.20. The van der Waals surface area contributed by atoms with Gasteiger partial charge in [-0.25, -0.2) is 0 Å². The molecule has 11 nitrogen and oxygen atoms in total. The van der Waals surface area contributed by atoms with E-state index in [0.29, 0.717) is 0 Å². The molecule has 3 atom stereocenters. The van der Waals surface area contributed by atoms with Crippen LogP contribution in [0.2, 0.25) is 0 Å². The summed E-state index contributed by atoms with van der Waals surface area (Å²) in [5.41, 5.74) is -2.65. The van der Waals surface area contributed by atoms with E-state index in [4.69, 9.17) is 13.9 Å². The smallest absolute Gasteiger partial charge is 0.229 e. The lowest BCUT2D eigenvalue weighted by Gasteiger charge is -2.24. The van der Waals surface area contributed by atoms with E-state index in [9.17, 15) is 40.5 Å². The molecule has 2 aromatic carbocycles. The Balaban J connectivity index is 1.79. The van der Waals surface area contributed by atoms with Crippen LogP contribution in [-0.4, -0.2) is 67.0 Å². The Morgan fingerprint density at radius 3 is 2.45 bits per heavy atom. The van der Waals surface area contributed by atoms with Gasteiger partial charge >= 0.3 is 0 Å². The van der Waals surface area contributed by atoms with Gasteiger partial charge in [0.1, 0.15) is 28.4 Å². The van der Waals surface area contributed by atoms with Gasteiger partial charge in [0.15, 0.2) is 28.4 Å². The van der Waals surface area contributed by atoms with Gasteiger partial charge in [0.25, 0.3) is 0 Å². The molecule has 164 valence electrons. The third kappa shape index (κ3) is 3.39. The summed E-state index contributed by atoms with van der Waals surface area (Å²) >= 11 is 0. The minimum Gasteiger partial charge on any atom is -0.504 e. The summed E-state index contributed by atoms with van der Waals surface area (Å²) in [6, 6.07) is 5.84. The van der Waals surface area contributed by atoms with Crippen molar-refractivity contribution >= 4 is 11.0 Å². The van der Waals surface area contributed by atoms with Crippen LogP contribution < -0.4 is 10.2 Å². The van der Waals surface area contributed by atoms with Gasteiger partial charge in [-0.05, 0) is 18.2 Å². The molecule has 4 rings (SSSR count). The van der Waals surface area contributed by atoms with Crippen LogP contribution >= 0.6 is 0 Å². The molecule has 0 aliphatic carbocycles. The Bertz CT molecular complexity index is 1220. The van der Waals surface area contributed by atoms with Crippen LogP contribution in [0.15, 0.2) is 39.5 Å². The number of aliphatic hydroxyl groups is 3. The number of phenolic OH excluding ortho intramolecular Hbond substituents is 4. The number of fused-ring (bicyclic) bond motifs is 1. The maximum Gasteiger partial charge on any atom is 0.229 e. The van der Waals surface area contributed by atoms with Gasteiger partial charge < -0.3 is 49.6 Å². The van der Waals surface area contributed by atoms with Crippen LogP contribution in [0.5, 0.6) is 28.7 Å². The normalized spacial score (nSPS) is 23.3. The van der Waals surface area contributed by atoms with E-state index in [-0.39, 0.29) is 28.0 Å². The predicted octanol–water partition coefficient (Wildman–Crippen LogP) is 0.102. The van der Waals surface area contributed by atoms with Gasteiger partial charge in [-0.2, -0.15) is 0 Å². The van der Waals surface area contributed by atoms with Crippen molar-refractivity contribution in [1.29, 1.82) is 0 Å². The van der Waals surface area contributed by atoms with E-state index in [1.54, 1.807) is 0 Å². The molecule has 1 aliphatic heterocycles. The maximum absolute atomic E-state index is 12.5. The minimum atomic E-state index is -1.97. The number of ether oxygens (including phenoxy) is 2. The summed E-state index contributed by atoms with van der Waals surface area (Å²) in [5, 5.41) is 68.7. The molecule has 1 fully saturated rings. The van der Waals surface area contributed by atoms with Gasteiger partial charge in [0.2, 0.25) is 12.0 Å². The highest BCUT2D eigenvalue weighted by molar-refractivity contribution is 5.89.